The molecule has 1 aromatic rings. The number of nitrogens with one attached hydrogen (secondary N) is 2. The Bertz CT molecular complexity index is 486. The third kappa shape index (κ3) is 4.90. The second-order valence-electron chi connectivity index (χ2n) is 5.35. The first kappa shape index (κ1) is 15.6. The molecule has 1 fully saturated rings. The van der Waals surface area contributed by atoms with Crippen LogP contribution in [0.5, 0.6) is 0 Å². The van der Waals surface area contributed by atoms with E-state index in [4.69, 9.17) is 4.74 Å². The maximum Gasteiger partial charge on any atom is 0.319 e. The third-order valence-electron chi connectivity index (χ3n) is 3.78. The number of ether oxygens (including phenoxy) is 1. The monoisotopic (exact) mass is 288 g/mol. The molecule has 1 aromatic carbocycles. The summed E-state index contributed by atoms with van der Waals surface area (Å²) in [7, 11) is 0. The minimum atomic E-state index is -0.166. The zero-order valence-corrected chi connectivity index (χ0v) is 12.8. The topological polar surface area (TPSA) is 50.4 Å². The van der Waals surface area contributed by atoms with Gasteiger partial charge in [0.15, 0.2) is 0 Å². The molecular weight excluding hydrogens is 264 g/mol. The first-order valence-corrected chi connectivity index (χ1v) is 7.60. The first-order valence-electron chi connectivity index (χ1n) is 7.60. The van der Waals surface area contributed by atoms with E-state index >= 15 is 0 Å². The number of hydrogen-bond acceptors (Lipinski definition) is 2. The van der Waals surface area contributed by atoms with Crippen LogP contribution in [-0.4, -0.2) is 19.2 Å². The summed E-state index contributed by atoms with van der Waals surface area (Å²) in [6.45, 7) is 5.61. The van der Waals surface area contributed by atoms with Gasteiger partial charge in [0, 0.05) is 6.20 Å². The standard InChI is InChI=1S/C17H24N2O2/c1-3-14-4-6-16(7-5-14)13(2)19-17(20)18-12-15-8-10-21-11-9-15/h4-7,12-13H,3,8-11H2,1-2H3,(H2,18,19,20). The van der Waals surface area contributed by atoms with E-state index < -0.39 is 0 Å². The zero-order valence-electron chi connectivity index (χ0n) is 12.8. The van der Waals surface area contributed by atoms with Crippen molar-refractivity contribution in [1.29, 1.82) is 0 Å². The fourth-order valence-corrected chi connectivity index (χ4v) is 2.31. The van der Waals surface area contributed by atoms with Crippen molar-refractivity contribution in [3.05, 3.63) is 47.2 Å². The van der Waals surface area contributed by atoms with E-state index in [2.05, 4.69) is 41.8 Å². The van der Waals surface area contributed by atoms with Crippen molar-refractivity contribution in [2.75, 3.05) is 13.2 Å². The lowest BCUT2D eigenvalue weighted by Gasteiger charge is -2.16. The highest BCUT2D eigenvalue weighted by Crippen LogP contribution is 2.14. The van der Waals surface area contributed by atoms with Gasteiger partial charge in [0.2, 0.25) is 0 Å². The SMILES string of the molecule is CCc1ccc(C(C)NC(=O)NC=C2CCOCC2)cc1. The third-order valence-corrected chi connectivity index (χ3v) is 3.78. The normalized spacial score (nSPS) is 16.2. The Labute approximate surface area is 126 Å². The molecule has 0 saturated carbocycles. The van der Waals surface area contributed by atoms with Crippen LogP contribution in [0.1, 0.15) is 43.9 Å². The van der Waals surface area contributed by atoms with Crippen molar-refractivity contribution in [2.45, 2.75) is 39.2 Å². The number of urea groups is 1. The van der Waals surface area contributed by atoms with Crippen LogP contribution in [-0.2, 0) is 11.2 Å². The van der Waals surface area contributed by atoms with Crippen molar-refractivity contribution < 1.29 is 9.53 Å². The molecule has 2 amide bonds. The van der Waals surface area contributed by atoms with Crippen molar-refractivity contribution in [2.24, 2.45) is 0 Å². The number of benzene rings is 1. The molecule has 0 spiro atoms. The Hall–Kier alpha value is -1.81. The molecule has 2 N–H and O–H groups in total. The van der Waals surface area contributed by atoms with E-state index in [1.165, 1.54) is 11.1 Å². The molecule has 1 aliphatic heterocycles. The van der Waals surface area contributed by atoms with Crippen LogP contribution in [0, 0.1) is 0 Å². The number of amides is 2. The highest BCUT2D eigenvalue weighted by molar-refractivity contribution is 5.75. The Morgan fingerprint density at radius 3 is 2.57 bits per heavy atom. The number of hydrogen-bond donors (Lipinski definition) is 2. The van der Waals surface area contributed by atoms with Gasteiger partial charge in [-0.25, -0.2) is 4.79 Å². The van der Waals surface area contributed by atoms with Crippen molar-refractivity contribution in [3.8, 4) is 0 Å². The summed E-state index contributed by atoms with van der Waals surface area (Å²) in [5.41, 5.74) is 3.65. The molecule has 1 unspecified atom stereocenters. The molecule has 1 heterocycles. The molecule has 4 heteroatoms. The summed E-state index contributed by atoms with van der Waals surface area (Å²) < 4.78 is 5.28. The largest absolute Gasteiger partial charge is 0.381 e. The van der Waals surface area contributed by atoms with Crippen molar-refractivity contribution in [3.63, 3.8) is 0 Å². The molecule has 0 aromatic heterocycles. The van der Waals surface area contributed by atoms with E-state index in [0.717, 1.165) is 38.0 Å². The number of aryl methyl sites for hydroxylation is 1. The van der Waals surface area contributed by atoms with E-state index in [0.29, 0.717) is 0 Å². The van der Waals surface area contributed by atoms with Crippen LogP contribution in [0.2, 0.25) is 0 Å². The molecule has 2 rings (SSSR count). The van der Waals surface area contributed by atoms with E-state index in [1.807, 2.05) is 13.1 Å². The van der Waals surface area contributed by atoms with Gasteiger partial charge in [0.05, 0.1) is 19.3 Å². The lowest BCUT2D eigenvalue weighted by atomic mass is 10.1. The maximum absolute atomic E-state index is 11.9. The van der Waals surface area contributed by atoms with E-state index in [1.54, 1.807) is 0 Å². The molecule has 0 bridgehead atoms. The van der Waals surface area contributed by atoms with Gasteiger partial charge in [-0.05, 0) is 42.9 Å². The van der Waals surface area contributed by atoms with E-state index in [9.17, 15) is 4.79 Å². The molecule has 0 radical (unpaired) electrons. The molecule has 0 aliphatic carbocycles. The minimum absolute atomic E-state index is 0.0102. The van der Waals surface area contributed by atoms with Gasteiger partial charge in [0.25, 0.3) is 0 Å². The van der Waals surface area contributed by atoms with Crippen LogP contribution in [0.3, 0.4) is 0 Å². The van der Waals surface area contributed by atoms with Crippen LogP contribution >= 0.6 is 0 Å². The van der Waals surface area contributed by atoms with Gasteiger partial charge in [0.1, 0.15) is 0 Å². The second kappa shape index (κ2) is 7.84. The summed E-state index contributed by atoms with van der Waals surface area (Å²) in [6.07, 6.45) is 4.63. The highest BCUT2D eigenvalue weighted by atomic mass is 16.5. The fourth-order valence-electron chi connectivity index (χ4n) is 2.31. The summed E-state index contributed by atoms with van der Waals surface area (Å²) in [4.78, 5) is 11.9. The highest BCUT2D eigenvalue weighted by Gasteiger charge is 2.09. The lowest BCUT2D eigenvalue weighted by Crippen LogP contribution is -2.34. The van der Waals surface area contributed by atoms with Crippen LogP contribution < -0.4 is 10.6 Å². The molecule has 1 atom stereocenters. The Morgan fingerprint density at radius 1 is 1.29 bits per heavy atom. The lowest BCUT2D eigenvalue weighted by molar-refractivity contribution is 0.119. The van der Waals surface area contributed by atoms with Crippen LogP contribution in [0.25, 0.3) is 0 Å². The molecule has 21 heavy (non-hydrogen) atoms. The van der Waals surface area contributed by atoms with Crippen LogP contribution in [0.15, 0.2) is 36.0 Å². The average molecular weight is 288 g/mol. The molecule has 1 aliphatic rings. The predicted octanol–water partition coefficient (Wildman–Crippen LogP) is 3.30. The van der Waals surface area contributed by atoms with Gasteiger partial charge in [-0.15, -0.1) is 0 Å². The first-order chi connectivity index (χ1) is 10.2. The molecule has 1 saturated heterocycles. The number of carbonyl (C=O) groups is 1. The van der Waals surface area contributed by atoms with Gasteiger partial charge < -0.3 is 15.4 Å². The molecule has 114 valence electrons. The number of carbonyl (C=O) groups excluding carboxylic acids is 1. The maximum atomic E-state index is 11.9. The summed E-state index contributed by atoms with van der Waals surface area (Å²) in [5, 5.41) is 5.76. The fraction of sp³-hybridized carbons (Fsp3) is 0.471. The summed E-state index contributed by atoms with van der Waals surface area (Å²) >= 11 is 0. The Kier molecular flexibility index (Phi) is 5.81. The smallest absolute Gasteiger partial charge is 0.319 e. The Morgan fingerprint density at radius 2 is 1.95 bits per heavy atom. The van der Waals surface area contributed by atoms with Crippen molar-refractivity contribution in [1.82, 2.24) is 10.6 Å². The van der Waals surface area contributed by atoms with E-state index in [-0.39, 0.29) is 12.1 Å². The van der Waals surface area contributed by atoms with Gasteiger partial charge in [-0.1, -0.05) is 31.2 Å². The minimum Gasteiger partial charge on any atom is -0.381 e. The summed E-state index contributed by atoms with van der Waals surface area (Å²) in [6, 6.07) is 8.18. The summed E-state index contributed by atoms with van der Waals surface area (Å²) in [5.74, 6) is 0. The number of rotatable bonds is 4. The predicted molar refractivity (Wildman–Crippen MR) is 84.0 cm³/mol. The molecular formula is C17H24N2O2. The molecule has 4 nitrogen and oxygen atoms in total. The van der Waals surface area contributed by atoms with Gasteiger partial charge >= 0.3 is 6.03 Å². The van der Waals surface area contributed by atoms with Gasteiger partial charge in [-0.3, -0.25) is 0 Å². The van der Waals surface area contributed by atoms with Crippen molar-refractivity contribution >= 4 is 6.03 Å². The van der Waals surface area contributed by atoms with Crippen LogP contribution in [0.4, 0.5) is 4.79 Å². The second-order valence-corrected chi connectivity index (χ2v) is 5.35. The Balaban J connectivity index is 1.83. The van der Waals surface area contributed by atoms with Gasteiger partial charge in [-0.2, -0.15) is 0 Å². The quantitative estimate of drug-likeness (QED) is 0.893. The average Bonchev–Trinajstić information content (AvgIpc) is 2.54. The zero-order chi connectivity index (χ0) is 15.1.